The smallest absolute Gasteiger partial charge is 0.253 e. The minimum atomic E-state index is -0.181. The highest BCUT2D eigenvalue weighted by molar-refractivity contribution is 6.32. The molecule has 6 heteroatoms. The molecule has 3 aromatic rings. The summed E-state index contributed by atoms with van der Waals surface area (Å²) in [4.78, 5) is 16.9. The van der Waals surface area contributed by atoms with Crippen LogP contribution in [0.3, 0.4) is 0 Å². The van der Waals surface area contributed by atoms with Crippen molar-refractivity contribution in [1.82, 2.24) is 9.80 Å². The number of amides is 1. The van der Waals surface area contributed by atoms with Crippen molar-refractivity contribution in [2.24, 2.45) is 0 Å². The van der Waals surface area contributed by atoms with Crippen molar-refractivity contribution in [2.45, 2.75) is 20.1 Å². The molecule has 166 valence electrons. The number of nitrogens with zero attached hydrogens (tertiary/aromatic N) is 2. The molecule has 1 amide bonds. The number of rotatable bonds is 6. The lowest BCUT2D eigenvalue weighted by Crippen LogP contribution is -2.48. The van der Waals surface area contributed by atoms with Crippen molar-refractivity contribution in [1.29, 1.82) is 0 Å². The molecule has 0 aromatic heterocycles. The second-order valence-corrected chi connectivity index (χ2v) is 8.49. The highest BCUT2D eigenvalue weighted by atomic mass is 35.5. The van der Waals surface area contributed by atoms with E-state index in [2.05, 4.69) is 4.90 Å². The highest BCUT2D eigenvalue weighted by Gasteiger charge is 2.22. The van der Waals surface area contributed by atoms with E-state index < -0.39 is 0 Å². The van der Waals surface area contributed by atoms with E-state index >= 15 is 0 Å². The van der Waals surface area contributed by atoms with E-state index in [-0.39, 0.29) is 11.7 Å². The summed E-state index contributed by atoms with van der Waals surface area (Å²) in [7, 11) is 0. The van der Waals surface area contributed by atoms with Crippen LogP contribution in [0.1, 0.15) is 27.0 Å². The highest BCUT2D eigenvalue weighted by Crippen LogP contribution is 2.26. The van der Waals surface area contributed by atoms with Crippen molar-refractivity contribution in [3.63, 3.8) is 0 Å². The lowest BCUT2D eigenvalue weighted by molar-refractivity contribution is 0.0627. The van der Waals surface area contributed by atoms with Gasteiger partial charge in [0.1, 0.15) is 18.2 Å². The fourth-order valence-electron chi connectivity index (χ4n) is 3.78. The van der Waals surface area contributed by atoms with E-state index in [1.165, 1.54) is 6.07 Å². The SMILES string of the molecule is Cc1ccc(Cl)c(OCc2ccc(C(=O)N3CCN(Cc4ccccc4F)CC3)cc2)c1. The molecular formula is C26H26ClFN2O2. The fourth-order valence-corrected chi connectivity index (χ4v) is 3.96. The molecule has 4 nitrogen and oxygen atoms in total. The minimum absolute atomic E-state index is 0.0183. The van der Waals surface area contributed by atoms with Gasteiger partial charge in [0.05, 0.1) is 5.02 Å². The lowest BCUT2D eigenvalue weighted by Gasteiger charge is -2.34. The van der Waals surface area contributed by atoms with Crippen molar-refractivity contribution >= 4 is 17.5 Å². The van der Waals surface area contributed by atoms with E-state index in [9.17, 15) is 9.18 Å². The van der Waals surface area contributed by atoms with Crippen molar-refractivity contribution < 1.29 is 13.9 Å². The summed E-state index contributed by atoms with van der Waals surface area (Å²) in [5.41, 5.74) is 3.40. The predicted molar refractivity (Wildman–Crippen MR) is 125 cm³/mol. The maximum Gasteiger partial charge on any atom is 0.253 e. The van der Waals surface area contributed by atoms with E-state index in [1.807, 2.05) is 66.4 Å². The van der Waals surface area contributed by atoms with Gasteiger partial charge in [0, 0.05) is 43.9 Å². The molecule has 1 saturated heterocycles. The molecule has 0 radical (unpaired) electrons. The van der Waals surface area contributed by atoms with Crippen LogP contribution in [0.25, 0.3) is 0 Å². The molecule has 3 aromatic carbocycles. The minimum Gasteiger partial charge on any atom is -0.487 e. The third kappa shape index (κ3) is 5.47. The van der Waals surface area contributed by atoms with Crippen molar-refractivity contribution in [2.75, 3.05) is 26.2 Å². The normalized spacial score (nSPS) is 14.4. The van der Waals surface area contributed by atoms with Crippen LogP contribution in [0.5, 0.6) is 5.75 Å². The quantitative estimate of drug-likeness (QED) is 0.507. The number of carbonyl (C=O) groups excluding carboxylic acids is 1. The van der Waals surface area contributed by atoms with E-state index in [0.717, 1.165) is 24.2 Å². The van der Waals surface area contributed by atoms with Gasteiger partial charge in [0.15, 0.2) is 0 Å². The van der Waals surface area contributed by atoms with Crippen LogP contribution in [0.2, 0.25) is 5.02 Å². The molecule has 32 heavy (non-hydrogen) atoms. The molecule has 0 N–H and O–H groups in total. The maximum atomic E-state index is 13.9. The van der Waals surface area contributed by atoms with Crippen LogP contribution in [0.4, 0.5) is 4.39 Å². The number of halogens is 2. The molecule has 0 unspecified atom stereocenters. The van der Waals surface area contributed by atoms with Crippen molar-refractivity contribution in [3.8, 4) is 5.75 Å². The van der Waals surface area contributed by atoms with Gasteiger partial charge in [-0.3, -0.25) is 9.69 Å². The summed E-state index contributed by atoms with van der Waals surface area (Å²) in [6, 6.07) is 20.0. The molecule has 1 fully saturated rings. The van der Waals surface area contributed by atoms with Gasteiger partial charge in [0.25, 0.3) is 5.91 Å². The second-order valence-electron chi connectivity index (χ2n) is 8.08. The zero-order valence-corrected chi connectivity index (χ0v) is 18.8. The predicted octanol–water partition coefficient (Wildman–Crippen LogP) is 5.32. The Balaban J connectivity index is 1.29. The van der Waals surface area contributed by atoms with Gasteiger partial charge in [-0.25, -0.2) is 4.39 Å². The molecular weight excluding hydrogens is 427 g/mol. The van der Waals surface area contributed by atoms with Crippen LogP contribution in [-0.2, 0) is 13.2 Å². The van der Waals surface area contributed by atoms with Crippen LogP contribution in [0, 0.1) is 12.7 Å². The number of ether oxygens (including phenoxy) is 1. The molecule has 0 spiro atoms. The van der Waals surface area contributed by atoms with Gasteiger partial charge >= 0.3 is 0 Å². The lowest BCUT2D eigenvalue weighted by atomic mass is 10.1. The Labute approximate surface area is 193 Å². The first-order valence-corrected chi connectivity index (χ1v) is 11.1. The number of benzene rings is 3. The largest absolute Gasteiger partial charge is 0.487 e. The van der Waals surface area contributed by atoms with Crippen LogP contribution >= 0.6 is 11.6 Å². The van der Waals surface area contributed by atoms with Crippen molar-refractivity contribution in [3.05, 3.63) is 99.8 Å². The number of carbonyl (C=O) groups is 1. The number of hydrogen-bond donors (Lipinski definition) is 0. The number of hydrogen-bond acceptors (Lipinski definition) is 3. The van der Waals surface area contributed by atoms with E-state index in [1.54, 1.807) is 6.07 Å². The summed E-state index contributed by atoms with van der Waals surface area (Å²) in [6.07, 6.45) is 0. The molecule has 4 rings (SSSR count). The molecule has 0 saturated carbocycles. The third-order valence-corrected chi connectivity index (χ3v) is 6.01. The monoisotopic (exact) mass is 452 g/mol. The van der Waals surface area contributed by atoms with Crippen LogP contribution < -0.4 is 4.74 Å². The van der Waals surface area contributed by atoms with Gasteiger partial charge in [-0.05, 0) is 48.4 Å². The average molecular weight is 453 g/mol. The molecule has 0 atom stereocenters. The number of piperazine rings is 1. The molecule has 0 aliphatic carbocycles. The van der Waals surface area contributed by atoms with Crippen LogP contribution in [-0.4, -0.2) is 41.9 Å². The Morgan fingerprint density at radius 3 is 2.44 bits per heavy atom. The zero-order valence-electron chi connectivity index (χ0n) is 18.1. The topological polar surface area (TPSA) is 32.8 Å². The first kappa shape index (κ1) is 22.3. The Morgan fingerprint density at radius 2 is 1.72 bits per heavy atom. The average Bonchev–Trinajstić information content (AvgIpc) is 2.81. The summed E-state index contributed by atoms with van der Waals surface area (Å²) in [6.45, 7) is 5.64. The van der Waals surface area contributed by atoms with E-state index in [0.29, 0.717) is 48.1 Å². The third-order valence-electron chi connectivity index (χ3n) is 5.69. The standard InChI is InChI=1S/C26H26ClFN2O2/c1-19-6-11-23(27)25(16-19)32-18-20-7-9-21(10-8-20)26(31)30-14-12-29(13-15-30)17-22-4-2-3-5-24(22)28/h2-11,16H,12-15,17-18H2,1H3. The Kier molecular flexibility index (Phi) is 7.08. The van der Waals surface area contributed by atoms with Gasteiger partial charge < -0.3 is 9.64 Å². The summed E-state index contributed by atoms with van der Waals surface area (Å²) in [5, 5.41) is 0.580. The Bertz CT molecular complexity index is 1080. The molecule has 1 heterocycles. The van der Waals surface area contributed by atoms with Gasteiger partial charge in [-0.2, -0.15) is 0 Å². The van der Waals surface area contributed by atoms with Gasteiger partial charge in [-0.1, -0.05) is 48.0 Å². The summed E-state index contributed by atoms with van der Waals surface area (Å²) in [5.74, 6) is 0.490. The molecule has 1 aliphatic rings. The van der Waals surface area contributed by atoms with Gasteiger partial charge in [0.2, 0.25) is 0 Å². The summed E-state index contributed by atoms with van der Waals surface area (Å²) >= 11 is 6.18. The maximum absolute atomic E-state index is 13.9. The molecule has 1 aliphatic heterocycles. The Hall–Kier alpha value is -2.89. The fraction of sp³-hybridized carbons (Fsp3) is 0.269. The number of aryl methyl sites for hydroxylation is 1. The van der Waals surface area contributed by atoms with E-state index in [4.69, 9.17) is 16.3 Å². The summed E-state index contributed by atoms with van der Waals surface area (Å²) < 4.78 is 19.7. The second kappa shape index (κ2) is 10.2. The first-order chi connectivity index (χ1) is 15.5. The Morgan fingerprint density at radius 1 is 1.00 bits per heavy atom. The van der Waals surface area contributed by atoms with Gasteiger partial charge in [-0.15, -0.1) is 0 Å². The first-order valence-electron chi connectivity index (χ1n) is 10.7. The van der Waals surface area contributed by atoms with Crippen LogP contribution in [0.15, 0.2) is 66.7 Å². The zero-order chi connectivity index (χ0) is 22.5. The molecule has 0 bridgehead atoms.